The normalized spacial score (nSPS) is 16.7. The molecule has 1 unspecified atom stereocenters. The molecule has 0 spiro atoms. The minimum Gasteiger partial charge on any atom is -0.336 e. The first kappa shape index (κ1) is 27.9. The number of aryl methyl sites for hydroxylation is 1. The van der Waals surface area contributed by atoms with Crippen LogP contribution in [0.5, 0.6) is 0 Å². The molecular weight excluding hydrogens is 551 g/mol. The molecule has 1 aliphatic rings. The highest BCUT2D eigenvalue weighted by molar-refractivity contribution is 6.34. The van der Waals surface area contributed by atoms with Crippen molar-refractivity contribution < 1.29 is 19.1 Å². The van der Waals surface area contributed by atoms with Crippen LogP contribution in [0.1, 0.15) is 39.1 Å². The predicted octanol–water partition coefficient (Wildman–Crippen LogP) is 6.44. The van der Waals surface area contributed by atoms with Crippen molar-refractivity contribution in [3.05, 3.63) is 112 Å². The Morgan fingerprint density at radius 2 is 1.88 bits per heavy atom. The summed E-state index contributed by atoms with van der Waals surface area (Å²) >= 11 is 12.5. The molecule has 2 heterocycles. The minimum atomic E-state index is -1.34. The number of halogens is 2. The number of ether oxygens (including phenoxy) is 2. The Hall–Kier alpha value is -3.69. The quantitative estimate of drug-likeness (QED) is 0.243. The van der Waals surface area contributed by atoms with Crippen molar-refractivity contribution in [2.45, 2.75) is 31.7 Å². The average Bonchev–Trinajstić information content (AvgIpc) is 3.42. The number of amides is 2. The van der Waals surface area contributed by atoms with E-state index in [0.29, 0.717) is 58.5 Å². The van der Waals surface area contributed by atoms with Crippen molar-refractivity contribution in [1.29, 1.82) is 0 Å². The molecule has 4 aromatic rings. The number of methoxy groups -OCH3 is 1. The number of hydrogen-bond acceptors (Lipinski definition) is 5. The molecule has 0 fully saturated rings. The second kappa shape index (κ2) is 12.2. The summed E-state index contributed by atoms with van der Waals surface area (Å²) in [5, 5.41) is 3.78. The zero-order valence-corrected chi connectivity index (χ0v) is 23.4. The van der Waals surface area contributed by atoms with Gasteiger partial charge < -0.3 is 19.4 Å². The average molecular weight is 579 g/mol. The van der Waals surface area contributed by atoms with Gasteiger partial charge in [-0.1, -0.05) is 35.3 Å². The molecule has 0 saturated carbocycles. The molecule has 0 saturated heterocycles. The second-order valence-electron chi connectivity index (χ2n) is 9.34. The van der Waals surface area contributed by atoms with Crippen molar-refractivity contribution in [3.8, 4) is 0 Å². The number of carbonyl (C=O) groups is 2. The van der Waals surface area contributed by atoms with E-state index in [9.17, 15) is 9.59 Å². The molecule has 2 amide bonds. The maximum absolute atomic E-state index is 14.2. The fraction of sp³-hybridized carbons (Fsp3) is 0.233. The zero-order chi connectivity index (χ0) is 28.1. The minimum absolute atomic E-state index is 0.296. The van der Waals surface area contributed by atoms with Gasteiger partial charge in [-0.05, 0) is 73.0 Å². The first-order valence-electron chi connectivity index (χ1n) is 12.8. The monoisotopic (exact) mass is 578 g/mol. The van der Waals surface area contributed by atoms with E-state index in [2.05, 4.69) is 10.3 Å². The summed E-state index contributed by atoms with van der Waals surface area (Å²) < 4.78 is 14.3. The smallest absolute Gasteiger partial charge is 0.262 e. The molecule has 0 radical (unpaired) electrons. The SMILES string of the molecule is COC1(OCCn2ccnc2)CCCc2cc(Cl)ccc2N1C(=O)c1ccc(NC(=O)c2ccccc2Cl)cc1. The number of fused-ring (bicyclic) bond motifs is 1. The van der Waals surface area contributed by atoms with Crippen molar-refractivity contribution >= 4 is 46.4 Å². The molecule has 1 aromatic heterocycles. The highest BCUT2D eigenvalue weighted by Gasteiger charge is 2.45. The summed E-state index contributed by atoms with van der Waals surface area (Å²) in [4.78, 5) is 32.5. The molecular formula is C30H28Cl2N4O4. The molecule has 5 rings (SSSR count). The van der Waals surface area contributed by atoms with Crippen LogP contribution in [-0.2, 0) is 22.4 Å². The lowest BCUT2D eigenvalue weighted by molar-refractivity contribution is -0.222. The van der Waals surface area contributed by atoms with Crippen molar-refractivity contribution in [1.82, 2.24) is 9.55 Å². The van der Waals surface area contributed by atoms with Crippen molar-refractivity contribution in [2.24, 2.45) is 0 Å². The van der Waals surface area contributed by atoms with E-state index in [-0.39, 0.29) is 11.8 Å². The van der Waals surface area contributed by atoms with Crippen LogP contribution in [-0.4, -0.2) is 41.0 Å². The number of aromatic nitrogens is 2. The van der Waals surface area contributed by atoms with Gasteiger partial charge in [-0.2, -0.15) is 0 Å². The van der Waals surface area contributed by atoms with Crippen LogP contribution in [0.25, 0.3) is 0 Å². The fourth-order valence-electron chi connectivity index (χ4n) is 4.82. The van der Waals surface area contributed by atoms with Gasteiger partial charge in [-0.25, -0.2) is 4.98 Å². The summed E-state index contributed by atoms with van der Waals surface area (Å²) in [5.41, 5.74) is 2.90. The molecule has 0 aliphatic carbocycles. The van der Waals surface area contributed by atoms with Gasteiger partial charge in [0.25, 0.3) is 17.7 Å². The highest BCUT2D eigenvalue weighted by Crippen LogP contribution is 2.39. The van der Waals surface area contributed by atoms with Crippen LogP contribution in [0, 0.1) is 0 Å². The van der Waals surface area contributed by atoms with Crippen molar-refractivity contribution in [3.63, 3.8) is 0 Å². The Bertz CT molecular complexity index is 1490. The molecule has 1 aliphatic heterocycles. The number of anilines is 2. The van der Waals surface area contributed by atoms with Gasteiger partial charge in [0, 0.05) is 48.7 Å². The number of nitrogens with zero attached hydrogens (tertiary/aromatic N) is 3. The Balaban J connectivity index is 1.43. The lowest BCUT2D eigenvalue weighted by atomic mass is 10.1. The molecule has 10 heteroatoms. The molecule has 0 bridgehead atoms. The maximum Gasteiger partial charge on any atom is 0.262 e. The van der Waals surface area contributed by atoms with Crippen LogP contribution < -0.4 is 10.2 Å². The van der Waals surface area contributed by atoms with Gasteiger partial charge in [-0.3, -0.25) is 14.5 Å². The molecule has 206 valence electrons. The summed E-state index contributed by atoms with van der Waals surface area (Å²) in [6, 6.07) is 18.9. The van der Waals surface area contributed by atoms with E-state index in [0.717, 1.165) is 12.0 Å². The third kappa shape index (κ3) is 5.90. The lowest BCUT2D eigenvalue weighted by Gasteiger charge is -2.41. The maximum atomic E-state index is 14.2. The topological polar surface area (TPSA) is 85.7 Å². The molecule has 1 N–H and O–H groups in total. The molecule has 40 heavy (non-hydrogen) atoms. The number of carbonyl (C=O) groups excluding carboxylic acids is 2. The van der Waals surface area contributed by atoms with Gasteiger partial charge in [0.05, 0.1) is 29.2 Å². The van der Waals surface area contributed by atoms with E-state index < -0.39 is 5.91 Å². The Morgan fingerprint density at radius 1 is 1.07 bits per heavy atom. The van der Waals surface area contributed by atoms with Gasteiger partial charge >= 0.3 is 0 Å². The first-order valence-corrected chi connectivity index (χ1v) is 13.6. The summed E-state index contributed by atoms with van der Waals surface area (Å²) in [6.45, 7) is 0.838. The molecule has 1 atom stereocenters. The van der Waals surface area contributed by atoms with E-state index in [1.54, 1.807) is 79.1 Å². The van der Waals surface area contributed by atoms with E-state index >= 15 is 0 Å². The molecule has 3 aromatic carbocycles. The number of benzene rings is 3. The standard InChI is InChI=1S/C30H28Cl2N4O4/c1-39-30(40-18-17-35-16-15-33-20-35)14-4-5-22-19-23(31)10-13-27(22)36(30)29(38)21-8-11-24(12-9-21)34-28(37)25-6-2-3-7-26(25)32/h2-3,6-13,15-16,19-20H,4-5,14,17-18H2,1H3,(H,34,37). The summed E-state index contributed by atoms with van der Waals surface area (Å²) in [6.07, 6.45) is 7.15. The second-order valence-corrected chi connectivity index (χ2v) is 10.2. The Kier molecular flexibility index (Phi) is 8.52. The third-order valence-corrected chi connectivity index (χ3v) is 7.39. The molecule has 8 nitrogen and oxygen atoms in total. The lowest BCUT2D eigenvalue weighted by Crippen LogP contribution is -2.55. The zero-order valence-electron chi connectivity index (χ0n) is 21.8. The van der Waals surface area contributed by atoms with Crippen molar-refractivity contribution in [2.75, 3.05) is 23.9 Å². The number of rotatable bonds is 8. The van der Waals surface area contributed by atoms with Crippen LogP contribution >= 0.6 is 23.2 Å². The Morgan fingerprint density at radius 3 is 2.60 bits per heavy atom. The van der Waals surface area contributed by atoms with E-state index in [4.69, 9.17) is 32.7 Å². The van der Waals surface area contributed by atoms with Crippen LogP contribution in [0.15, 0.2) is 85.5 Å². The van der Waals surface area contributed by atoms with Gasteiger partial charge in [0.15, 0.2) is 0 Å². The van der Waals surface area contributed by atoms with E-state index in [1.165, 1.54) is 0 Å². The number of hydrogen-bond donors (Lipinski definition) is 1. The van der Waals surface area contributed by atoms with Gasteiger partial charge in [-0.15, -0.1) is 0 Å². The first-order chi connectivity index (χ1) is 19.4. The third-order valence-electron chi connectivity index (χ3n) is 6.83. The van der Waals surface area contributed by atoms with Crippen LogP contribution in [0.4, 0.5) is 11.4 Å². The van der Waals surface area contributed by atoms with Gasteiger partial charge in [0.2, 0.25) is 0 Å². The highest BCUT2D eigenvalue weighted by atomic mass is 35.5. The van der Waals surface area contributed by atoms with E-state index in [1.807, 2.05) is 22.9 Å². The number of imidazole rings is 1. The fourth-order valence-corrected chi connectivity index (χ4v) is 5.24. The Labute approximate surface area is 242 Å². The predicted molar refractivity (Wildman–Crippen MR) is 155 cm³/mol. The summed E-state index contributed by atoms with van der Waals surface area (Å²) in [5.74, 6) is -1.99. The number of nitrogens with one attached hydrogen (secondary N) is 1. The summed E-state index contributed by atoms with van der Waals surface area (Å²) in [7, 11) is 1.55. The van der Waals surface area contributed by atoms with Crippen LogP contribution in [0.2, 0.25) is 10.0 Å². The van der Waals surface area contributed by atoms with Gasteiger partial charge in [0.1, 0.15) is 0 Å². The largest absolute Gasteiger partial charge is 0.336 e. The van der Waals surface area contributed by atoms with Crippen LogP contribution in [0.3, 0.4) is 0 Å².